The number of amides is 4. The minimum atomic E-state index is -1.27. The Morgan fingerprint density at radius 3 is 2.00 bits per heavy atom. The molecular weight excluding hydrogens is 480 g/mol. The summed E-state index contributed by atoms with van der Waals surface area (Å²) >= 11 is 1.44. The normalized spacial score (nSPS) is 14.2. The van der Waals surface area contributed by atoms with E-state index in [0.717, 1.165) is 0 Å². The molecule has 0 bridgehead atoms. The number of rotatable bonds is 17. The maximum atomic E-state index is 13.0. The second kappa shape index (κ2) is 16.5. The van der Waals surface area contributed by atoms with Gasteiger partial charge in [-0.05, 0) is 37.2 Å². The molecule has 0 spiro atoms. The SMILES string of the molecule is CSCCC(NC(=O)C(NC(=O)C(CCCN=C(N)N)NC(=O)C(N)CC(N)=O)C(C)C)C(=O)O. The third kappa shape index (κ3) is 13.4. The topological polar surface area (TPSA) is 258 Å². The number of carboxylic acids is 1. The lowest BCUT2D eigenvalue weighted by atomic mass is 10.0. The molecule has 4 atom stereocenters. The van der Waals surface area contributed by atoms with Crippen LogP contribution in [0.4, 0.5) is 0 Å². The molecular formula is C20H38N8O6S. The van der Waals surface area contributed by atoms with Crippen molar-refractivity contribution in [3.63, 3.8) is 0 Å². The number of hydrogen-bond acceptors (Lipinski definition) is 8. The van der Waals surface area contributed by atoms with Gasteiger partial charge in [-0.3, -0.25) is 24.2 Å². The Morgan fingerprint density at radius 1 is 0.914 bits per heavy atom. The summed E-state index contributed by atoms with van der Waals surface area (Å²) < 4.78 is 0. The summed E-state index contributed by atoms with van der Waals surface area (Å²) in [7, 11) is 0. The third-order valence-electron chi connectivity index (χ3n) is 4.81. The van der Waals surface area contributed by atoms with Crippen molar-refractivity contribution in [2.75, 3.05) is 18.6 Å². The van der Waals surface area contributed by atoms with E-state index in [0.29, 0.717) is 12.2 Å². The Kier molecular flexibility index (Phi) is 15.1. The van der Waals surface area contributed by atoms with Gasteiger partial charge in [-0.2, -0.15) is 11.8 Å². The van der Waals surface area contributed by atoms with Crippen molar-refractivity contribution in [3.8, 4) is 0 Å². The highest BCUT2D eigenvalue weighted by atomic mass is 32.2. The number of guanidine groups is 1. The molecule has 0 radical (unpaired) electrons. The van der Waals surface area contributed by atoms with Crippen molar-refractivity contribution in [1.29, 1.82) is 0 Å². The number of nitrogens with one attached hydrogen (secondary N) is 3. The number of aliphatic imine (C=N–C) groups is 1. The summed E-state index contributed by atoms with van der Waals surface area (Å²) in [5, 5.41) is 16.9. The quantitative estimate of drug-likeness (QED) is 0.0556. The smallest absolute Gasteiger partial charge is 0.326 e. The molecule has 0 aliphatic rings. The van der Waals surface area contributed by atoms with Gasteiger partial charge in [0, 0.05) is 6.54 Å². The van der Waals surface area contributed by atoms with Crippen LogP contribution in [0.15, 0.2) is 4.99 Å². The van der Waals surface area contributed by atoms with Crippen LogP contribution in [0.2, 0.25) is 0 Å². The summed E-state index contributed by atoms with van der Waals surface area (Å²) in [6.07, 6.45) is 2.00. The largest absolute Gasteiger partial charge is 0.480 e. The van der Waals surface area contributed by atoms with Crippen LogP contribution in [-0.2, 0) is 24.0 Å². The van der Waals surface area contributed by atoms with Crippen LogP contribution in [0.3, 0.4) is 0 Å². The Hall–Kier alpha value is -3.07. The van der Waals surface area contributed by atoms with Gasteiger partial charge in [0.25, 0.3) is 0 Å². The van der Waals surface area contributed by atoms with E-state index in [-0.39, 0.29) is 25.3 Å². The Bertz CT molecular complexity index is 775. The van der Waals surface area contributed by atoms with Crippen molar-refractivity contribution in [1.82, 2.24) is 16.0 Å². The van der Waals surface area contributed by atoms with Crippen molar-refractivity contribution in [2.45, 2.75) is 63.7 Å². The number of carbonyl (C=O) groups excluding carboxylic acids is 4. The fourth-order valence-electron chi connectivity index (χ4n) is 2.90. The molecule has 0 aliphatic heterocycles. The molecule has 0 saturated carbocycles. The summed E-state index contributed by atoms with van der Waals surface area (Å²) in [4.78, 5) is 64.6. The molecule has 0 aromatic heterocycles. The average Bonchev–Trinajstić information content (AvgIpc) is 2.75. The van der Waals surface area contributed by atoms with E-state index in [1.165, 1.54) is 11.8 Å². The Labute approximate surface area is 208 Å². The molecule has 0 aliphatic carbocycles. The Balaban J connectivity index is 5.51. The number of thioether (sulfide) groups is 1. The first-order valence-corrected chi connectivity index (χ1v) is 12.4. The zero-order chi connectivity index (χ0) is 27.1. The van der Waals surface area contributed by atoms with Crippen molar-refractivity contribution in [2.24, 2.45) is 33.8 Å². The number of aliphatic carboxylic acids is 1. The number of nitrogens with zero attached hydrogens (tertiary/aromatic N) is 1. The fourth-order valence-corrected chi connectivity index (χ4v) is 3.38. The number of carboxylic acid groups (broad SMARTS) is 1. The summed E-state index contributed by atoms with van der Waals surface area (Å²) in [5.41, 5.74) is 21.3. The number of primary amides is 1. The highest BCUT2D eigenvalue weighted by molar-refractivity contribution is 7.98. The van der Waals surface area contributed by atoms with Crippen LogP contribution < -0.4 is 38.9 Å². The van der Waals surface area contributed by atoms with Crippen LogP contribution in [0.25, 0.3) is 0 Å². The summed E-state index contributed by atoms with van der Waals surface area (Å²) in [6.45, 7) is 3.54. The van der Waals surface area contributed by atoms with E-state index in [1.54, 1.807) is 13.8 Å². The van der Waals surface area contributed by atoms with Crippen LogP contribution >= 0.6 is 11.8 Å². The molecule has 200 valence electrons. The van der Waals surface area contributed by atoms with Gasteiger partial charge in [0.05, 0.1) is 12.5 Å². The molecule has 4 amide bonds. The molecule has 35 heavy (non-hydrogen) atoms. The van der Waals surface area contributed by atoms with Gasteiger partial charge < -0.3 is 44.0 Å². The molecule has 0 fully saturated rings. The first-order chi connectivity index (χ1) is 16.3. The predicted octanol–water partition coefficient (Wildman–Crippen LogP) is -2.81. The summed E-state index contributed by atoms with van der Waals surface area (Å²) in [6, 6.07) is -4.58. The maximum absolute atomic E-state index is 13.0. The lowest BCUT2D eigenvalue weighted by Crippen LogP contribution is -2.58. The highest BCUT2D eigenvalue weighted by Gasteiger charge is 2.31. The van der Waals surface area contributed by atoms with Gasteiger partial charge in [-0.15, -0.1) is 0 Å². The average molecular weight is 519 g/mol. The van der Waals surface area contributed by atoms with Gasteiger partial charge >= 0.3 is 5.97 Å². The van der Waals surface area contributed by atoms with Crippen LogP contribution in [0, 0.1) is 5.92 Å². The standard InChI is InChI=1S/C20H38N8O6S/c1-10(2)15(18(32)27-13(19(33)34)6-8-35-3)28-17(31)12(5-4-7-25-20(23)24)26-16(30)11(21)9-14(22)29/h10-13,15H,4-9,21H2,1-3H3,(H2,22,29)(H,26,30)(H,27,32)(H,28,31)(H,33,34)(H4,23,24,25). The molecule has 0 rings (SSSR count). The van der Waals surface area contributed by atoms with E-state index >= 15 is 0 Å². The molecule has 0 heterocycles. The lowest BCUT2D eigenvalue weighted by molar-refractivity contribution is -0.142. The minimum Gasteiger partial charge on any atom is -0.480 e. The number of carbonyl (C=O) groups is 5. The molecule has 12 N–H and O–H groups in total. The molecule has 14 nitrogen and oxygen atoms in total. The van der Waals surface area contributed by atoms with Crippen molar-refractivity contribution >= 4 is 47.3 Å². The fraction of sp³-hybridized carbons (Fsp3) is 0.700. The van der Waals surface area contributed by atoms with Gasteiger partial charge in [0.2, 0.25) is 23.6 Å². The lowest BCUT2D eigenvalue weighted by Gasteiger charge is -2.27. The highest BCUT2D eigenvalue weighted by Crippen LogP contribution is 2.08. The molecule has 4 unspecified atom stereocenters. The van der Waals surface area contributed by atoms with Crippen molar-refractivity contribution < 1.29 is 29.1 Å². The zero-order valence-corrected chi connectivity index (χ0v) is 21.1. The van der Waals surface area contributed by atoms with E-state index in [9.17, 15) is 29.1 Å². The predicted molar refractivity (Wildman–Crippen MR) is 133 cm³/mol. The van der Waals surface area contributed by atoms with E-state index < -0.39 is 66.1 Å². The first-order valence-electron chi connectivity index (χ1n) is 11.0. The zero-order valence-electron chi connectivity index (χ0n) is 20.3. The third-order valence-corrected chi connectivity index (χ3v) is 5.45. The second-order valence-corrected chi connectivity index (χ2v) is 9.18. The number of hydrogen-bond donors (Lipinski definition) is 8. The Morgan fingerprint density at radius 2 is 1.51 bits per heavy atom. The summed E-state index contributed by atoms with van der Waals surface area (Å²) in [5.74, 6) is -4.13. The maximum Gasteiger partial charge on any atom is 0.326 e. The van der Waals surface area contributed by atoms with Crippen LogP contribution in [0.1, 0.15) is 39.5 Å². The van der Waals surface area contributed by atoms with Crippen molar-refractivity contribution in [3.05, 3.63) is 0 Å². The van der Waals surface area contributed by atoms with Gasteiger partial charge in [-0.25, -0.2) is 4.79 Å². The number of nitrogens with two attached hydrogens (primary N) is 4. The molecule has 0 aromatic rings. The molecule has 15 heteroatoms. The van der Waals surface area contributed by atoms with Gasteiger partial charge in [0.15, 0.2) is 5.96 Å². The van der Waals surface area contributed by atoms with E-state index in [1.807, 2.05) is 6.26 Å². The van der Waals surface area contributed by atoms with Crippen LogP contribution in [0.5, 0.6) is 0 Å². The van der Waals surface area contributed by atoms with Crippen LogP contribution in [-0.4, -0.2) is 83.4 Å². The first kappa shape index (κ1) is 31.9. The minimum absolute atomic E-state index is 0.0928. The van der Waals surface area contributed by atoms with E-state index in [4.69, 9.17) is 22.9 Å². The second-order valence-electron chi connectivity index (χ2n) is 8.20. The van der Waals surface area contributed by atoms with Gasteiger partial charge in [0.1, 0.15) is 18.1 Å². The molecule has 0 saturated heterocycles. The molecule has 0 aromatic carbocycles. The monoisotopic (exact) mass is 518 g/mol. The van der Waals surface area contributed by atoms with E-state index in [2.05, 4.69) is 20.9 Å². The van der Waals surface area contributed by atoms with Gasteiger partial charge in [-0.1, -0.05) is 13.8 Å².